The Bertz CT molecular complexity index is 1860. The first kappa shape index (κ1) is 75.6. The van der Waals surface area contributed by atoms with Gasteiger partial charge in [-0.2, -0.15) is 0 Å². The van der Waals surface area contributed by atoms with E-state index in [9.17, 15) is 9.59 Å². The van der Waals surface area contributed by atoms with Crippen LogP contribution in [0.25, 0.3) is 0 Å². The molecule has 2 saturated heterocycles. The lowest BCUT2D eigenvalue weighted by Gasteiger charge is -2.24. The average molecular weight is 1070 g/mol. The highest BCUT2D eigenvalue weighted by atomic mass is 16.5. The van der Waals surface area contributed by atoms with Crippen molar-refractivity contribution in [2.75, 3.05) is 122 Å². The molecule has 12 nitrogen and oxygen atoms in total. The zero-order valence-electron chi connectivity index (χ0n) is 49.1. The van der Waals surface area contributed by atoms with E-state index in [0.29, 0.717) is 22.9 Å². The highest BCUT2D eigenvalue weighted by Crippen LogP contribution is 2.24. The molecule has 78 heavy (non-hydrogen) atoms. The molecule has 12 heteroatoms. The summed E-state index contributed by atoms with van der Waals surface area (Å²) in [5.74, 6) is 0.723. The number of nitrogens with one attached hydrogen (secondary N) is 4. The number of hydrogen-bond acceptors (Lipinski definition) is 10. The molecule has 2 amide bonds. The van der Waals surface area contributed by atoms with E-state index in [1.807, 2.05) is 70.4 Å². The number of amides is 2. The molecule has 2 fully saturated rings. The Morgan fingerprint density at radius 1 is 0.538 bits per heavy atom. The van der Waals surface area contributed by atoms with Crippen molar-refractivity contribution in [2.45, 2.75) is 59.3 Å². The quantitative estimate of drug-likeness (QED) is 0.0252. The number of rotatable bonds is 31. The van der Waals surface area contributed by atoms with Gasteiger partial charge in [-0.25, -0.2) is 0 Å². The minimum atomic E-state index is -0.268. The third-order valence-corrected chi connectivity index (χ3v) is 10.3. The third kappa shape index (κ3) is 50.2. The summed E-state index contributed by atoms with van der Waals surface area (Å²) in [4.78, 5) is 31.7. The third-order valence-electron chi connectivity index (χ3n) is 10.3. The molecule has 0 spiro atoms. The minimum absolute atomic E-state index is 0.268. The van der Waals surface area contributed by atoms with E-state index < -0.39 is 0 Å². The van der Waals surface area contributed by atoms with Crippen molar-refractivity contribution in [3.63, 3.8) is 0 Å². The number of likely N-dealkylation sites (tertiary alicyclic amines) is 2. The molecule has 0 aromatic heterocycles. The molecule has 2 aromatic rings. The van der Waals surface area contributed by atoms with Crippen molar-refractivity contribution in [2.24, 2.45) is 0 Å². The fourth-order valence-electron chi connectivity index (χ4n) is 6.99. The van der Waals surface area contributed by atoms with Crippen molar-refractivity contribution in [3.05, 3.63) is 212 Å². The fraction of sp³-hybridized carbons (Fsp3) is 0.394. The van der Waals surface area contributed by atoms with Gasteiger partial charge in [-0.15, -0.1) is 46.1 Å². The number of piperidine rings is 1. The second kappa shape index (κ2) is 55.1. The Morgan fingerprint density at radius 3 is 1.21 bits per heavy atom. The minimum Gasteiger partial charge on any atom is -0.502 e. The molecule has 0 saturated carbocycles. The smallest absolute Gasteiger partial charge is 0.247 e. The van der Waals surface area contributed by atoms with E-state index in [1.165, 1.54) is 93.4 Å². The molecule has 2 aliphatic heterocycles. The highest BCUT2D eigenvalue weighted by Gasteiger charge is 2.09. The Labute approximate surface area is 475 Å². The van der Waals surface area contributed by atoms with Crippen LogP contribution in [-0.2, 0) is 14.3 Å². The van der Waals surface area contributed by atoms with E-state index >= 15 is 0 Å². The van der Waals surface area contributed by atoms with Gasteiger partial charge in [0.15, 0.2) is 0 Å². The van der Waals surface area contributed by atoms with Gasteiger partial charge in [0.2, 0.25) is 11.8 Å². The van der Waals surface area contributed by atoms with Gasteiger partial charge in [0.05, 0.1) is 12.9 Å². The van der Waals surface area contributed by atoms with Gasteiger partial charge in [-0.05, 0) is 153 Å². The summed E-state index contributed by atoms with van der Waals surface area (Å²) in [6.07, 6.45) is 25.1. The number of ether oxygens (including phenoxy) is 2. The first-order chi connectivity index (χ1) is 37.6. The number of nitrogens with zero attached hydrogens (tertiary/aromatic N) is 4. The van der Waals surface area contributed by atoms with Gasteiger partial charge >= 0.3 is 0 Å². The van der Waals surface area contributed by atoms with E-state index in [1.54, 1.807) is 48.5 Å². The van der Waals surface area contributed by atoms with Gasteiger partial charge < -0.3 is 30.7 Å². The molecule has 4 N–H and O–H groups in total. The van der Waals surface area contributed by atoms with Crippen LogP contribution in [0.1, 0.15) is 59.3 Å². The molecule has 0 atom stereocenters. The Balaban J connectivity index is -0.000000887. The first-order valence-corrected chi connectivity index (χ1v) is 27.0. The summed E-state index contributed by atoms with van der Waals surface area (Å²) in [5, 5.41) is 11.4. The van der Waals surface area contributed by atoms with Crippen molar-refractivity contribution in [1.29, 1.82) is 0 Å². The van der Waals surface area contributed by atoms with Crippen LogP contribution in [0, 0.1) is 0 Å². The molecule has 0 aliphatic carbocycles. The average Bonchev–Trinajstić information content (AvgIpc) is 3.94. The molecular formula is C66H104N8O4. The van der Waals surface area contributed by atoms with Gasteiger partial charge in [-0.1, -0.05) is 105 Å². The monoisotopic (exact) mass is 1070 g/mol. The van der Waals surface area contributed by atoms with Gasteiger partial charge in [0, 0.05) is 76.8 Å². The molecule has 4 rings (SSSR count). The molecule has 0 unspecified atom stereocenters. The first-order valence-electron chi connectivity index (χ1n) is 27.0. The SMILES string of the molecule is C=C(C)CN(CC(=C)C)CC(=C)C.C=CC(=O)Nc1ccc(Oc2ccc(NC(=O)C=C)cc2)cc1.C=CCN(CC=C)CC=C.C=CCN1CCCC1.C=CCN1CCCCC1.C=CCNCC=C.C=COCCCNC. The number of carbonyl (C=O) groups excluding carboxylic acids is 2. The van der Waals surface area contributed by atoms with Crippen molar-refractivity contribution >= 4 is 23.2 Å². The zero-order chi connectivity index (χ0) is 59.0. The molecule has 0 bridgehead atoms. The zero-order valence-corrected chi connectivity index (χ0v) is 49.1. The molecular weight excluding hydrogens is 969 g/mol. The summed E-state index contributed by atoms with van der Waals surface area (Å²) in [6.45, 7) is 69.8. The van der Waals surface area contributed by atoms with Crippen LogP contribution in [0.2, 0.25) is 0 Å². The number of anilines is 2. The molecule has 2 aromatic carbocycles. The van der Waals surface area contributed by atoms with E-state index in [-0.39, 0.29) is 11.8 Å². The second-order valence-electron chi connectivity index (χ2n) is 18.3. The summed E-state index contributed by atoms with van der Waals surface area (Å²) in [5.41, 5.74) is 4.86. The summed E-state index contributed by atoms with van der Waals surface area (Å²) in [7, 11) is 1.92. The lowest BCUT2D eigenvalue weighted by Crippen LogP contribution is -2.29. The Kier molecular flexibility index (Phi) is 53.4. The molecule has 2 heterocycles. The van der Waals surface area contributed by atoms with E-state index in [0.717, 1.165) is 85.0 Å². The Hall–Kier alpha value is -6.64. The van der Waals surface area contributed by atoms with Crippen molar-refractivity contribution < 1.29 is 19.1 Å². The van der Waals surface area contributed by atoms with Crippen LogP contribution in [0.5, 0.6) is 11.5 Å². The predicted molar refractivity (Wildman–Crippen MR) is 343 cm³/mol. The van der Waals surface area contributed by atoms with Crippen molar-refractivity contribution in [3.8, 4) is 11.5 Å². The van der Waals surface area contributed by atoms with Gasteiger partial charge in [0.25, 0.3) is 0 Å². The maximum absolute atomic E-state index is 11.2. The predicted octanol–water partition coefficient (Wildman–Crippen LogP) is 13.2. The van der Waals surface area contributed by atoms with Crippen molar-refractivity contribution in [1.82, 2.24) is 30.2 Å². The number of hydrogen-bond donors (Lipinski definition) is 4. The van der Waals surface area contributed by atoms with Crippen LogP contribution in [0.3, 0.4) is 0 Å². The second-order valence-corrected chi connectivity index (χ2v) is 18.3. The summed E-state index contributed by atoms with van der Waals surface area (Å²) in [6, 6.07) is 13.9. The summed E-state index contributed by atoms with van der Waals surface area (Å²) >= 11 is 0. The number of carbonyl (C=O) groups is 2. The normalized spacial score (nSPS) is 12.0. The van der Waals surface area contributed by atoms with Crippen LogP contribution < -0.4 is 26.0 Å². The van der Waals surface area contributed by atoms with Crippen LogP contribution >= 0.6 is 0 Å². The Morgan fingerprint density at radius 2 is 0.910 bits per heavy atom. The van der Waals surface area contributed by atoms with Crippen LogP contribution in [0.4, 0.5) is 11.4 Å². The highest BCUT2D eigenvalue weighted by molar-refractivity contribution is 5.99. The largest absolute Gasteiger partial charge is 0.502 e. The van der Waals surface area contributed by atoms with Gasteiger partial charge in [-0.3, -0.25) is 29.2 Å². The standard InChI is InChI=1S/C18H16N2O3.C12H21N.C9H15N.C8H15N.C7H13N.C6H13NO.C6H11N/c1-3-17(21)19-13-5-9-15(10-6-13)23-16-11-7-14(8-12-16)20-18(22)4-2;1-10(2)7-13(8-11(3)4)9-12(5)6;1-4-7-10(8-5-2)9-6-3;1-2-6-9-7-4-3-5-8-9;1-2-5-8-6-3-4-7-8;1-3-8-6-4-5-7-2;1-3-5-7-6-4-2/h3-12H,1-2H2,(H,19,21)(H,20,22);1,3,5,7-9H2,2,4,6H3;4-6H,1-3,7-9H2;2H,1,3-8H2;2H,1,3-7H2;3,7H,1,4-6H2,2H3;3-4,7H,1-2,5-6H2. The number of benzene rings is 2. The topological polar surface area (TPSA) is 114 Å². The lowest BCUT2D eigenvalue weighted by atomic mass is 10.1. The molecule has 2 aliphatic rings. The lowest BCUT2D eigenvalue weighted by molar-refractivity contribution is -0.112. The molecule has 432 valence electrons. The fourth-order valence-corrected chi connectivity index (χ4v) is 6.99. The maximum Gasteiger partial charge on any atom is 0.247 e. The van der Waals surface area contributed by atoms with Crippen LogP contribution in [0.15, 0.2) is 212 Å². The maximum atomic E-state index is 11.2. The van der Waals surface area contributed by atoms with E-state index in [2.05, 4.69) is 126 Å². The van der Waals surface area contributed by atoms with Gasteiger partial charge in [0.1, 0.15) is 11.5 Å². The van der Waals surface area contributed by atoms with Crippen LogP contribution in [-0.4, -0.2) is 143 Å². The van der Waals surface area contributed by atoms with E-state index in [4.69, 9.17) is 9.47 Å². The summed E-state index contributed by atoms with van der Waals surface area (Å²) < 4.78 is 10.5. The molecule has 0 radical (unpaired) electrons.